The molecule has 0 saturated carbocycles. The van der Waals surface area contributed by atoms with Crippen LogP contribution in [0.4, 0.5) is 5.69 Å². The minimum Gasteiger partial charge on any atom is -0.357 e. The summed E-state index contributed by atoms with van der Waals surface area (Å²) in [6.07, 6.45) is 1.21. The lowest BCUT2D eigenvalue weighted by Crippen LogP contribution is -2.46. The number of likely N-dealkylation sites (N-methyl/N-ethyl adjacent to an activating group) is 1. The van der Waals surface area contributed by atoms with Crippen LogP contribution in [0.3, 0.4) is 0 Å². The highest BCUT2D eigenvalue weighted by atomic mass is 35.5. The second-order valence-electron chi connectivity index (χ2n) is 7.58. The summed E-state index contributed by atoms with van der Waals surface area (Å²) in [6.45, 7) is 1.68. The van der Waals surface area contributed by atoms with Crippen molar-refractivity contribution in [2.24, 2.45) is 0 Å². The number of hydrogen-bond donors (Lipinski definition) is 1. The predicted molar refractivity (Wildman–Crippen MR) is 138 cm³/mol. The van der Waals surface area contributed by atoms with E-state index in [9.17, 15) is 18.0 Å². The third kappa shape index (κ3) is 7.65. The van der Waals surface area contributed by atoms with Gasteiger partial charge >= 0.3 is 0 Å². The average Bonchev–Trinajstić information content (AvgIpc) is 2.76. The molecule has 2 aromatic carbocycles. The summed E-state index contributed by atoms with van der Waals surface area (Å²) < 4.78 is 25.9. The fraction of sp³-hybridized carbons (Fsp3) is 0.364. The second-order valence-corrected chi connectivity index (χ2v) is 11.2. The summed E-state index contributed by atoms with van der Waals surface area (Å²) in [4.78, 5) is 26.8. The van der Waals surface area contributed by atoms with Crippen molar-refractivity contribution < 1.29 is 18.0 Å². The molecule has 0 heterocycles. The Hall–Kier alpha value is -1.71. The first-order valence-corrected chi connectivity index (χ1v) is 13.6. The first-order chi connectivity index (χ1) is 15.8. The van der Waals surface area contributed by atoms with Gasteiger partial charge in [-0.2, -0.15) is 0 Å². The van der Waals surface area contributed by atoms with Gasteiger partial charge in [-0.15, -0.1) is 0 Å². The minimum atomic E-state index is -3.70. The molecule has 0 aromatic heterocycles. The molecule has 1 N–H and O–H groups in total. The highest BCUT2D eigenvalue weighted by Crippen LogP contribution is 2.31. The first-order valence-electron chi connectivity index (χ1n) is 10.2. The molecule has 0 aliphatic heterocycles. The first kappa shape index (κ1) is 28.5. The lowest BCUT2D eigenvalue weighted by molar-refractivity contribution is -0.140. The van der Waals surface area contributed by atoms with Gasteiger partial charge in [0.2, 0.25) is 21.8 Å². The summed E-state index contributed by atoms with van der Waals surface area (Å²) in [6, 6.07) is 8.63. The molecule has 2 rings (SSSR count). The number of hydrogen-bond acceptors (Lipinski definition) is 4. The average molecular weight is 569 g/mol. The van der Waals surface area contributed by atoms with Crippen molar-refractivity contribution in [2.75, 3.05) is 24.2 Å². The van der Waals surface area contributed by atoms with Crippen LogP contribution in [-0.2, 0) is 26.2 Å². The van der Waals surface area contributed by atoms with Crippen molar-refractivity contribution >= 4 is 73.9 Å². The van der Waals surface area contributed by atoms with Crippen LogP contribution in [0.5, 0.6) is 0 Å². The van der Waals surface area contributed by atoms with E-state index in [0.29, 0.717) is 20.6 Å². The Bertz CT molecular complexity index is 1160. The molecular weight excluding hydrogens is 544 g/mol. The van der Waals surface area contributed by atoms with Crippen molar-refractivity contribution in [1.29, 1.82) is 0 Å². The van der Waals surface area contributed by atoms with Gasteiger partial charge in [-0.1, -0.05) is 52.5 Å². The van der Waals surface area contributed by atoms with E-state index in [2.05, 4.69) is 5.32 Å². The van der Waals surface area contributed by atoms with Gasteiger partial charge in [0.15, 0.2) is 0 Å². The van der Waals surface area contributed by atoms with E-state index in [0.717, 1.165) is 10.6 Å². The van der Waals surface area contributed by atoms with Crippen molar-refractivity contribution in [2.45, 2.75) is 32.4 Å². The predicted octanol–water partition coefficient (Wildman–Crippen LogP) is 5.01. The number of rotatable bonds is 10. The molecule has 7 nitrogen and oxygen atoms in total. The van der Waals surface area contributed by atoms with Crippen molar-refractivity contribution in [1.82, 2.24) is 10.2 Å². The number of carbonyl (C=O) groups is 2. The highest BCUT2D eigenvalue weighted by molar-refractivity contribution is 7.92. The van der Waals surface area contributed by atoms with Crippen LogP contribution in [0.25, 0.3) is 0 Å². The fourth-order valence-electron chi connectivity index (χ4n) is 3.28. The molecule has 34 heavy (non-hydrogen) atoms. The SMILES string of the molecule is CNC(=O)C(C)N(Cc1ccc(Cl)cc1Cl)C(=O)CCCN(c1cc(Cl)ccc1Cl)S(C)(=O)=O. The molecule has 1 unspecified atom stereocenters. The molecule has 186 valence electrons. The number of anilines is 1. The smallest absolute Gasteiger partial charge is 0.242 e. The Morgan fingerprint density at radius 2 is 1.62 bits per heavy atom. The van der Waals surface area contributed by atoms with Gasteiger partial charge < -0.3 is 10.2 Å². The highest BCUT2D eigenvalue weighted by Gasteiger charge is 2.27. The van der Waals surface area contributed by atoms with E-state index in [1.165, 1.54) is 24.1 Å². The van der Waals surface area contributed by atoms with Gasteiger partial charge in [-0.25, -0.2) is 8.42 Å². The molecular formula is C22H25Cl4N3O4S. The summed E-state index contributed by atoms with van der Waals surface area (Å²) in [5.41, 5.74) is 0.853. The van der Waals surface area contributed by atoms with E-state index in [1.54, 1.807) is 31.2 Å². The topological polar surface area (TPSA) is 86.8 Å². The summed E-state index contributed by atoms with van der Waals surface area (Å²) in [5.74, 6) is -0.685. The third-order valence-corrected chi connectivity index (χ3v) is 7.42. The number of nitrogens with one attached hydrogen (secondary N) is 1. The Morgan fingerprint density at radius 1 is 1.00 bits per heavy atom. The van der Waals surface area contributed by atoms with Gasteiger partial charge in [-0.05, 0) is 49.2 Å². The van der Waals surface area contributed by atoms with Gasteiger partial charge in [0.25, 0.3) is 0 Å². The normalized spacial score (nSPS) is 12.2. The molecule has 0 saturated heterocycles. The molecule has 2 amide bonds. The third-order valence-electron chi connectivity index (χ3n) is 5.10. The van der Waals surface area contributed by atoms with Crippen LogP contribution in [0.1, 0.15) is 25.3 Å². The Balaban J connectivity index is 2.21. The lowest BCUT2D eigenvalue weighted by atomic mass is 10.1. The van der Waals surface area contributed by atoms with E-state index in [4.69, 9.17) is 46.4 Å². The molecule has 1 atom stereocenters. The van der Waals surface area contributed by atoms with E-state index < -0.39 is 16.1 Å². The van der Waals surface area contributed by atoms with Crippen LogP contribution in [-0.4, -0.2) is 51.0 Å². The lowest BCUT2D eigenvalue weighted by Gasteiger charge is -2.29. The summed E-state index contributed by atoms with van der Waals surface area (Å²) in [7, 11) is -2.21. The van der Waals surface area contributed by atoms with Crippen molar-refractivity contribution in [3.63, 3.8) is 0 Å². The monoisotopic (exact) mass is 567 g/mol. The molecule has 0 aliphatic carbocycles. The minimum absolute atomic E-state index is 0.00542. The number of sulfonamides is 1. The van der Waals surface area contributed by atoms with Gasteiger partial charge in [0.05, 0.1) is 17.0 Å². The van der Waals surface area contributed by atoms with Crippen LogP contribution in [0.2, 0.25) is 20.1 Å². The Labute approximate surface area is 220 Å². The van der Waals surface area contributed by atoms with Crippen molar-refractivity contribution in [3.8, 4) is 0 Å². The van der Waals surface area contributed by atoms with Crippen LogP contribution in [0.15, 0.2) is 36.4 Å². The van der Waals surface area contributed by atoms with Gasteiger partial charge in [0.1, 0.15) is 6.04 Å². The molecule has 0 spiro atoms. The number of halogens is 4. The summed E-state index contributed by atoms with van der Waals surface area (Å²) >= 11 is 24.4. The van der Waals surface area contributed by atoms with Crippen LogP contribution < -0.4 is 9.62 Å². The molecule has 2 aromatic rings. The molecule has 0 fully saturated rings. The zero-order valence-electron chi connectivity index (χ0n) is 18.8. The number of benzene rings is 2. The zero-order valence-corrected chi connectivity index (χ0v) is 22.7. The fourth-order valence-corrected chi connectivity index (χ4v) is 5.16. The molecule has 0 radical (unpaired) electrons. The Kier molecular flexibility index (Phi) is 10.3. The van der Waals surface area contributed by atoms with Crippen LogP contribution in [0, 0.1) is 0 Å². The summed E-state index contributed by atoms with van der Waals surface area (Å²) in [5, 5.41) is 3.90. The molecule has 0 bridgehead atoms. The number of amides is 2. The maximum atomic E-state index is 13.1. The van der Waals surface area contributed by atoms with Crippen LogP contribution >= 0.6 is 46.4 Å². The largest absolute Gasteiger partial charge is 0.357 e. The number of nitrogens with zero attached hydrogens (tertiary/aromatic N) is 2. The number of carbonyl (C=O) groups excluding carboxylic acids is 2. The van der Waals surface area contributed by atoms with E-state index in [1.807, 2.05) is 0 Å². The molecule has 12 heteroatoms. The van der Waals surface area contributed by atoms with Gasteiger partial charge in [0, 0.05) is 41.6 Å². The van der Waals surface area contributed by atoms with Gasteiger partial charge in [-0.3, -0.25) is 13.9 Å². The Morgan fingerprint density at radius 3 is 2.21 bits per heavy atom. The molecule has 0 aliphatic rings. The van der Waals surface area contributed by atoms with E-state index in [-0.39, 0.29) is 48.5 Å². The standard InChI is InChI=1S/C22H25Cl4N3O4S/c1-14(22(31)27-2)28(13-15-6-7-16(23)11-19(15)26)21(30)5-4-10-29(34(3,32)33)20-12-17(24)8-9-18(20)25/h6-9,11-12,14H,4-5,10,13H2,1-3H3,(H,27,31). The zero-order chi connectivity index (χ0) is 25.6. The van der Waals surface area contributed by atoms with Crippen molar-refractivity contribution in [3.05, 3.63) is 62.1 Å². The second kappa shape index (κ2) is 12.3. The maximum Gasteiger partial charge on any atom is 0.242 e. The quantitative estimate of drug-likeness (QED) is 0.436. The maximum absolute atomic E-state index is 13.1. The van der Waals surface area contributed by atoms with E-state index >= 15 is 0 Å².